The maximum Gasteiger partial charge on any atom is 0.327 e. The van der Waals surface area contributed by atoms with E-state index in [2.05, 4.69) is 17.2 Å². The van der Waals surface area contributed by atoms with Gasteiger partial charge in [-0.2, -0.15) is 0 Å². The SMILES string of the molecule is CCC(C)NC(C(=O)OC)c1cnccc1C. The number of aryl methyl sites for hydroxylation is 1. The fraction of sp³-hybridized carbons (Fsp3) is 0.538. The van der Waals surface area contributed by atoms with Gasteiger partial charge in [0.05, 0.1) is 7.11 Å². The maximum atomic E-state index is 11.8. The molecule has 1 aromatic rings. The maximum absolute atomic E-state index is 11.8. The first-order valence-corrected chi connectivity index (χ1v) is 5.84. The Kier molecular flexibility index (Phi) is 5.10. The molecule has 0 saturated heterocycles. The van der Waals surface area contributed by atoms with Crippen LogP contribution in [0.2, 0.25) is 0 Å². The van der Waals surface area contributed by atoms with Gasteiger partial charge < -0.3 is 4.74 Å². The molecule has 0 radical (unpaired) electrons. The summed E-state index contributed by atoms with van der Waals surface area (Å²) in [5.41, 5.74) is 1.91. The van der Waals surface area contributed by atoms with Gasteiger partial charge in [0.15, 0.2) is 0 Å². The summed E-state index contributed by atoms with van der Waals surface area (Å²) in [5, 5.41) is 3.26. The summed E-state index contributed by atoms with van der Waals surface area (Å²) in [6.07, 6.45) is 4.38. The fourth-order valence-corrected chi connectivity index (χ4v) is 1.58. The summed E-state index contributed by atoms with van der Waals surface area (Å²) in [4.78, 5) is 15.9. The number of nitrogens with one attached hydrogen (secondary N) is 1. The number of methoxy groups -OCH3 is 1. The second-order valence-corrected chi connectivity index (χ2v) is 4.16. The van der Waals surface area contributed by atoms with Crippen molar-refractivity contribution in [1.29, 1.82) is 0 Å². The normalized spacial score (nSPS) is 14.1. The van der Waals surface area contributed by atoms with Gasteiger partial charge in [0.1, 0.15) is 6.04 Å². The van der Waals surface area contributed by atoms with E-state index in [1.54, 1.807) is 12.4 Å². The van der Waals surface area contributed by atoms with Gasteiger partial charge in [0, 0.05) is 24.0 Å². The van der Waals surface area contributed by atoms with Crippen LogP contribution in [0.5, 0.6) is 0 Å². The lowest BCUT2D eigenvalue weighted by Crippen LogP contribution is -2.36. The minimum Gasteiger partial charge on any atom is -0.468 e. The van der Waals surface area contributed by atoms with Crippen LogP contribution in [0.15, 0.2) is 18.5 Å². The first-order chi connectivity index (χ1) is 8.10. The predicted octanol–water partition coefficient (Wildman–Crippen LogP) is 1.99. The van der Waals surface area contributed by atoms with Crippen LogP contribution in [-0.2, 0) is 9.53 Å². The Hall–Kier alpha value is -1.42. The topological polar surface area (TPSA) is 51.2 Å². The highest BCUT2D eigenvalue weighted by Crippen LogP contribution is 2.18. The monoisotopic (exact) mass is 236 g/mol. The van der Waals surface area contributed by atoms with Gasteiger partial charge in [0.25, 0.3) is 0 Å². The van der Waals surface area contributed by atoms with E-state index >= 15 is 0 Å². The molecular weight excluding hydrogens is 216 g/mol. The Labute approximate surface area is 102 Å². The molecule has 4 nitrogen and oxygen atoms in total. The number of carbonyl (C=O) groups is 1. The molecule has 94 valence electrons. The number of carbonyl (C=O) groups excluding carboxylic acids is 1. The Morgan fingerprint density at radius 2 is 2.29 bits per heavy atom. The van der Waals surface area contributed by atoms with Gasteiger partial charge in [-0.15, -0.1) is 0 Å². The molecule has 1 N–H and O–H groups in total. The summed E-state index contributed by atoms with van der Waals surface area (Å²) in [7, 11) is 1.40. The molecule has 0 bridgehead atoms. The molecule has 1 rings (SSSR count). The smallest absolute Gasteiger partial charge is 0.327 e. The van der Waals surface area contributed by atoms with Gasteiger partial charge in [-0.25, -0.2) is 4.79 Å². The molecule has 0 aromatic carbocycles. The molecule has 2 unspecified atom stereocenters. The minimum atomic E-state index is -0.441. The largest absolute Gasteiger partial charge is 0.468 e. The highest BCUT2D eigenvalue weighted by Gasteiger charge is 2.24. The van der Waals surface area contributed by atoms with E-state index in [1.165, 1.54) is 7.11 Å². The number of pyridine rings is 1. The number of hydrogen-bond acceptors (Lipinski definition) is 4. The van der Waals surface area contributed by atoms with E-state index in [1.807, 2.05) is 19.9 Å². The fourth-order valence-electron chi connectivity index (χ4n) is 1.58. The summed E-state index contributed by atoms with van der Waals surface area (Å²) in [6, 6.07) is 1.70. The predicted molar refractivity (Wildman–Crippen MR) is 66.6 cm³/mol. The third kappa shape index (κ3) is 3.53. The second-order valence-electron chi connectivity index (χ2n) is 4.16. The lowest BCUT2D eigenvalue weighted by atomic mass is 10.0. The van der Waals surface area contributed by atoms with Crippen LogP contribution in [0.4, 0.5) is 0 Å². The molecule has 1 heterocycles. The number of nitrogens with zero attached hydrogens (tertiary/aromatic N) is 1. The van der Waals surface area contributed by atoms with Crippen molar-refractivity contribution in [2.45, 2.75) is 39.3 Å². The first-order valence-electron chi connectivity index (χ1n) is 5.84. The van der Waals surface area contributed by atoms with Crippen molar-refractivity contribution >= 4 is 5.97 Å². The van der Waals surface area contributed by atoms with Gasteiger partial charge in [-0.3, -0.25) is 10.3 Å². The summed E-state index contributed by atoms with van der Waals surface area (Å²) in [6.45, 7) is 6.08. The van der Waals surface area contributed by atoms with E-state index in [0.717, 1.165) is 17.5 Å². The Morgan fingerprint density at radius 3 is 2.82 bits per heavy atom. The van der Waals surface area contributed by atoms with Crippen molar-refractivity contribution < 1.29 is 9.53 Å². The molecule has 4 heteroatoms. The number of esters is 1. The van der Waals surface area contributed by atoms with Crippen LogP contribution in [0, 0.1) is 6.92 Å². The lowest BCUT2D eigenvalue weighted by Gasteiger charge is -2.21. The number of aromatic nitrogens is 1. The van der Waals surface area contributed by atoms with Crippen LogP contribution in [0.3, 0.4) is 0 Å². The quantitative estimate of drug-likeness (QED) is 0.794. The molecule has 0 amide bonds. The van der Waals surface area contributed by atoms with E-state index in [9.17, 15) is 4.79 Å². The zero-order chi connectivity index (χ0) is 12.8. The molecule has 0 spiro atoms. The second kappa shape index (κ2) is 6.35. The lowest BCUT2D eigenvalue weighted by molar-refractivity contribution is -0.143. The van der Waals surface area contributed by atoms with Gasteiger partial charge in [-0.1, -0.05) is 6.92 Å². The summed E-state index contributed by atoms with van der Waals surface area (Å²) < 4.78 is 4.84. The Bertz CT molecular complexity index is 379. The van der Waals surface area contributed by atoms with Crippen LogP contribution in [0.25, 0.3) is 0 Å². The third-order valence-corrected chi connectivity index (χ3v) is 2.89. The van der Waals surface area contributed by atoms with Crippen LogP contribution in [-0.4, -0.2) is 24.1 Å². The van der Waals surface area contributed by atoms with E-state index < -0.39 is 6.04 Å². The van der Waals surface area contributed by atoms with E-state index in [0.29, 0.717) is 0 Å². The molecule has 0 aliphatic heterocycles. The number of rotatable bonds is 5. The highest BCUT2D eigenvalue weighted by molar-refractivity contribution is 5.77. The average molecular weight is 236 g/mol. The van der Waals surface area contributed by atoms with Gasteiger partial charge >= 0.3 is 5.97 Å². The average Bonchev–Trinajstić information content (AvgIpc) is 2.35. The van der Waals surface area contributed by atoms with Crippen molar-refractivity contribution in [2.24, 2.45) is 0 Å². The molecule has 0 saturated carbocycles. The van der Waals surface area contributed by atoms with Crippen LogP contribution < -0.4 is 5.32 Å². The van der Waals surface area contributed by atoms with Gasteiger partial charge in [0.2, 0.25) is 0 Å². The minimum absolute atomic E-state index is 0.249. The first kappa shape index (κ1) is 13.6. The molecule has 0 aliphatic rings. The Balaban J connectivity index is 2.98. The Morgan fingerprint density at radius 1 is 1.59 bits per heavy atom. The molecule has 0 fully saturated rings. The van der Waals surface area contributed by atoms with Gasteiger partial charge in [-0.05, 0) is 31.9 Å². The van der Waals surface area contributed by atoms with E-state index in [-0.39, 0.29) is 12.0 Å². The standard InChI is InChI=1S/C13H20N2O2/c1-5-10(3)15-12(13(16)17-4)11-8-14-7-6-9(11)2/h6-8,10,12,15H,5H2,1-4H3. The van der Waals surface area contributed by atoms with Crippen molar-refractivity contribution in [2.75, 3.05) is 7.11 Å². The van der Waals surface area contributed by atoms with Crippen molar-refractivity contribution in [1.82, 2.24) is 10.3 Å². The zero-order valence-electron chi connectivity index (χ0n) is 10.9. The number of hydrogen-bond donors (Lipinski definition) is 1. The zero-order valence-corrected chi connectivity index (χ0v) is 10.9. The van der Waals surface area contributed by atoms with Crippen molar-refractivity contribution in [3.8, 4) is 0 Å². The summed E-state index contributed by atoms with van der Waals surface area (Å²) in [5.74, 6) is -0.276. The van der Waals surface area contributed by atoms with Crippen LogP contribution in [0.1, 0.15) is 37.4 Å². The molecule has 17 heavy (non-hydrogen) atoms. The molecule has 0 aliphatic carbocycles. The molecule has 1 aromatic heterocycles. The highest BCUT2D eigenvalue weighted by atomic mass is 16.5. The number of ether oxygens (including phenoxy) is 1. The van der Waals surface area contributed by atoms with E-state index in [4.69, 9.17) is 4.74 Å². The van der Waals surface area contributed by atoms with Crippen molar-refractivity contribution in [3.63, 3.8) is 0 Å². The van der Waals surface area contributed by atoms with Crippen molar-refractivity contribution in [3.05, 3.63) is 29.6 Å². The van der Waals surface area contributed by atoms with Crippen LogP contribution >= 0.6 is 0 Å². The molecular formula is C13H20N2O2. The summed E-state index contributed by atoms with van der Waals surface area (Å²) >= 11 is 0. The third-order valence-electron chi connectivity index (χ3n) is 2.89. The molecule has 2 atom stereocenters.